The van der Waals surface area contributed by atoms with Crippen LogP contribution in [0.3, 0.4) is 0 Å². The van der Waals surface area contributed by atoms with Gasteiger partial charge in [0.25, 0.3) is 0 Å². The molecule has 0 aliphatic heterocycles. The number of hydrogen-bond acceptors (Lipinski definition) is 6. The summed E-state index contributed by atoms with van der Waals surface area (Å²) in [6.45, 7) is 4.17. The molecule has 22 heavy (non-hydrogen) atoms. The van der Waals surface area contributed by atoms with Crippen LogP contribution in [-0.2, 0) is 0 Å². The van der Waals surface area contributed by atoms with Gasteiger partial charge < -0.3 is 10.3 Å². The summed E-state index contributed by atoms with van der Waals surface area (Å²) >= 11 is 0. The number of nitriles is 1. The number of H-pyrrole nitrogens is 2. The Labute approximate surface area is 126 Å². The SMILES string of the molecule is CC(C)c1nc2ccc(NC=C(C#N)c3nn[nH]n3)cc2[nH]1. The van der Waals surface area contributed by atoms with E-state index in [4.69, 9.17) is 5.26 Å². The zero-order chi connectivity index (χ0) is 15.5. The van der Waals surface area contributed by atoms with Crippen molar-refractivity contribution in [3.05, 3.63) is 36.0 Å². The molecule has 0 radical (unpaired) electrons. The number of nitrogens with one attached hydrogen (secondary N) is 3. The van der Waals surface area contributed by atoms with Crippen molar-refractivity contribution >= 4 is 22.3 Å². The number of rotatable bonds is 4. The van der Waals surface area contributed by atoms with Gasteiger partial charge in [-0.3, -0.25) is 0 Å². The molecule has 0 unspecified atom stereocenters. The quantitative estimate of drug-likeness (QED) is 0.634. The number of imidazole rings is 1. The summed E-state index contributed by atoms with van der Waals surface area (Å²) < 4.78 is 0. The van der Waals surface area contributed by atoms with E-state index in [1.54, 1.807) is 6.20 Å². The number of aromatic nitrogens is 6. The molecule has 3 N–H and O–H groups in total. The molecule has 0 aliphatic rings. The van der Waals surface area contributed by atoms with Crippen LogP contribution in [0.1, 0.15) is 31.4 Å². The van der Waals surface area contributed by atoms with E-state index >= 15 is 0 Å². The Morgan fingerprint density at radius 1 is 1.41 bits per heavy atom. The zero-order valence-corrected chi connectivity index (χ0v) is 12.1. The molecule has 0 saturated carbocycles. The predicted molar refractivity (Wildman–Crippen MR) is 81.6 cm³/mol. The van der Waals surface area contributed by atoms with E-state index in [1.165, 1.54) is 0 Å². The van der Waals surface area contributed by atoms with Crippen LogP contribution in [0.2, 0.25) is 0 Å². The molecule has 110 valence electrons. The summed E-state index contributed by atoms with van der Waals surface area (Å²) in [6.07, 6.45) is 1.55. The molecule has 8 nitrogen and oxygen atoms in total. The first kappa shape index (κ1) is 13.8. The molecule has 1 aromatic carbocycles. The Balaban J connectivity index is 1.86. The third kappa shape index (κ3) is 2.64. The third-order valence-corrected chi connectivity index (χ3v) is 3.14. The molecule has 8 heteroatoms. The van der Waals surface area contributed by atoms with Crippen molar-refractivity contribution in [3.63, 3.8) is 0 Å². The number of tetrazole rings is 1. The molecule has 2 heterocycles. The summed E-state index contributed by atoms with van der Waals surface area (Å²) in [5, 5.41) is 25.5. The largest absolute Gasteiger partial charge is 0.360 e. The predicted octanol–water partition coefficient (Wildman–Crippen LogP) is 2.18. The average Bonchev–Trinajstić information content (AvgIpc) is 3.16. The van der Waals surface area contributed by atoms with Crippen LogP contribution < -0.4 is 5.32 Å². The van der Waals surface area contributed by atoms with E-state index in [0.717, 1.165) is 22.5 Å². The van der Waals surface area contributed by atoms with E-state index in [1.807, 2.05) is 24.3 Å². The summed E-state index contributed by atoms with van der Waals surface area (Å²) in [5.41, 5.74) is 2.99. The first-order valence-corrected chi connectivity index (χ1v) is 6.77. The van der Waals surface area contributed by atoms with Crippen molar-refractivity contribution in [1.82, 2.24) is 30.6 Å². The van der Waals surface area contributed by atoms with Crippen LogP contribution in [-0.4, -0.2) is 30.6 Å². The van der Waals surface area contributed by atoms with E-state index in [-0.39, 0.29) is 5.82 Å². The van der Waals surface area contributed by atoms with Crippen LogP contribution in [0, 0.1) is 11.3 Å². The molecule has 0 amide bonds. The fourth-order valence-electron chi connectivity index (χ4n) is 1.97. The standard InChI is InChI=1S/C14H14N8/c1-8(2)13-17-11-4-3-10(5-12(11)18-13)16-7-9(6-15)14-19-21-22-20-14/h3-5,7-8,16H,1-2H3,(H,17,18)(H,19,20,21,22). The lowest BCUT2D eigenvalue weighted by atomic mass is 10.2. The number of anilines is 1. The van der Waals surface area contributed by atoms with Crippen LogP contribution in [0.25, 0.3) is 16.6 Å². The maximum atomic E-state index is 9.12. The Morgan fingerprint density at radius 3 is 2.95 bits per heavy atom. The van der Waals surface area contributed by atoms with E-state index in [2.05, 4.69) is 49.8 Å². The number of benzene rings is 1. The van der Waals surface area contributed by atoms with Crippen molar-refractivity contribution in [1.29, 1.82) is 5.26 Å². The summed E-state index contributed by atoms with van der Waals surface area (Å²) in [6, 6.07) is 7.79. The molecule has 0 spiro atoms. The normalized spacial score (nSPS) is 11.8. The highest BCUT2D eigenvalue weighted by atomic mass is 15.5. The van der Waals surface area contributed by atoms with Gasteiger partial charge in [-0.25, -0.2) is 4.98 Å². The Kier molecular flexibility index (Phi) is 3.53. The van der Waals surface area contributed by atoms with Crippen molar-refractivity contribution in [2.45, 2.75) is 19.8 Å². The van der Waals surface area contributed by atoms with E-state index < -0.39 is 0 Å². The van der Waals surface area contributed by atoms with E-state index in [0.29, 0.717) is 11.5 Å². The Bertz CT molecular complexity index is 851. The Morgan fingerprint density at radius 2 is 2.27 bits per heavy atom. The first-order chi connectivity index (χ1) is 10.7. The van der Waals surface area contributed by atoms with Gasteiger partial charge in [0.15, 0.2) is 0 Å². The molecule has 0 saturated heterocycles. The molecule has 3 aromatic rings. The number of nitrogens with zero attached hydrogens (tertiary/aromatic N) is 5. The molecule has 3 rings (SSSR count). The summed E-state index contributed by atoms with van der Waals surface area (Å²) in [4.78, 5) is 7.81. The molecule has 2 aromatic heterocycles. The van der Waals surface area contributed by atoms with Gasteiger partial charge in [-0.05, 0) is 23.4 Å². The number of hydrogen-bond donors (Lipinski definition) is 3. The molecule has 0 fully saturated rings. The lowest BCUT2D eigenvalue weighted by Crippen LogP contribution is -1.93. The van der Waals surface area contributed by atoms with Gasteiger partial charge in [0.1, 0.15) is 17.5 Å². The zero-order valence-electron chi connectivity index (χ0n) is 12.1. The monoisotopic (exact) mass is 294 g/mol. The molecular formula is C14H14N8. The second-order valence-corrected chi connectivity index (χ2v) is 5.06. The van der Waals surface area contributed by atoms with Crippen LogP contribution in [0.5, 0.6) is 0 Å². The van der Waals surface area contributed by atoms with Gasteiger partial charge in [0.05, 0.1) is 11.0 Å². The van der Waals surface area contributed by atoms with Gasteiger partial charge >= 0.3 is 0 Å². The fraction of sp³-hybridized carbons (Fsp3) is 0.214. The van der Waals surface area contributed by atoms with Gasteiger partial charge in [-0.2, -0.15) is 10.5 Å². The fourth-order valence-corrected chi connectivity index (χ4v) is 1.97. The number of aromatic amines is 2. The van der Waals surface area contributed by atoms with Gasteiger partial charge in [-0.1, -0.05) is 13.8 Å². The van der Waals surface area contributed by atoms with Gasteiger partial charge in [0.2, 0.25) is 5.82 Å². The minimum Gasteiger partial charge on any atom is -0.360 e. The smallest absolute Gasteiger partial charge is 0.216 e. The van der Waals surface area contributed by atoms with Crippen LogP contribution >= 0.6 is 0 Å². The number of fused-ring (bicyclic) bond motifs is 1. The molecule has 0 atom stereocenters. The highest BCUT2D eigenvalue weighted by molar-refractivity contribution is 5.81. The van der Waals surface area contributed by atoms with Gasteiger partial charge in [0, 0.05) is 17.8 Å². The molecule has 0 bridgehead atoms. The second kappa shape index (κ2) is 5.65. The molecular weight excluding hydrogens is 280 g/mol. The van der Waals surface area contributed by atoms with Gasteiger partial charge in [-0.15, -0.1) is 10.2 Å². The second-order valence-electron chi connectivity index (χ2n) is 5.06. The maximum Gasteiger partial charge on any atom is 0.216 e. The van der Waals surface area contributed by atoms with E-state index in [9.17, 15) is 0 Å². The van der Waals surface area contributed by atoms with Crippen molar-refractivity contribution < 1.29 is 0 Å². The lowest BCUT2D eigenvalue weighted by molar-refractivity contribution is 0.799. The minimum absolute atomic E-state index is 0.250. The minimum atomic E-state index is 0.250. The lowest BCUT2D eigenvalue weighted by Gasteiger charge is -2.00. The van der Waals surface area contributed by atoms with Crippen LogP contribution in [0.4, 0.5) is 5.69 Å². The highest BCUT2D eigenvalue weighted by Gasteiger charge is 2.08. The number of allylic oxidation sites excluding steroid dienone is 1. The third-order valence-electron chi connectivity index (χ3n) is 3.14. The summed E-state index contributed by atoms with van der Waals surface area (Å²) in [7, 11) is 0. The maximum absolute atomic E-state index is 9.12. The molecule has 0 aliphatic carbocycles. The highest BCUT2D eigenvalue weighted by Crippen LogP contribution is 2.21. The first-order valence-electron chi connectivity index (χ1n) is 6.77. The Hall–Kier alpha value is -3.21. The van der Waals surface area contributed by atoms with Crippen molar-refractivity contribution in [3.8, 4) is 6.07 Å². The summed E-state index contributed by atoms with van der Waals surface area (Å²) in [5.74, 6) is 1.54. The van der Waals surface area contributed by atoms with Crippen molar-refractivity contribution in [2.24, 2.45) is 0 Å². The topological polar surface area (TPSA) is 119 Å². The van der Waals surface area contributed by atoms with Crippen LogP contribution in [0.15, 0.2) is 24.4 Å². The average molecular weight is 294 g/mol. The van der Waals surface area contributed by atoms with Crippen molar-refractivity contribution in [2.75, 3.05) is 5.32 Å².